The third-order valence-corrected chi connectivity index (χ3v) is 5.27. The van der Waals surface area contributed by atoms with Crippen LogP contribution in [-0.2, 0) is 11.2 Å². The van der Waals surface area contributed by atoms with Crippen molar-refractivity contribution in [2.45, 2.75) is 25.8 Å². The van der Waals surface area contributed by atoms with Gasteiger partial charge in [0.2, 0.25) is 11.7 Å². The van der Waals surface area contributed by atoms with Crippen LogP contribution < -0.4 is 30.3 Å². The van der Waals surface area contributed by atoms with Crippen LogP contribution in [0.3, 0.4) is 0 Å². The van der Waals surface area contributed by atoms with Gasteiger partial charge in [-0.3, -0.25) is 14.4 Å². The molecule has 8 heteroatoms. The average Bonchev–Trinajstić information content (AvgIpc) is 3.00. The maximum Gasteiger partial charge on any atom is 0.254 e. The van der Waals surface area contributed by atoms with Gasteiger partial charge >= 0.3 is 0 Å². The Morgan fingerprint density at radius 3 is 2.45 bits per heavy atom. The number of amides is 2. The smallest absolute Gasteiger partial charge is 0.254 e. The zero-order valence-corrected chi connectivity index (χ0v) is 17.8. The highest BCUT2D eigenvalue weighted by Crippen LogP contribution is 2.50. The molecule has 2 amide bonds. The Balaban J connectivity index is 2.37. The summed E-state index contributed by atoms with van der Waals surface area (Å²) in [5.74, 6) is -0.134. The monoisotopic (exact) mass is 429 g/mol. The van der Waals surface area contributed by atoms with Crippen molar-refractivity contribution in [1.29, 1.82) is 0 Å². The Morgan fingerprint density at radius 1 is 1.10 bits per heavy atom. The molecule has 2 aromatic carbocycles. The SMILES string of the molecule is [2H]C([2H])([2H])NC(=O)c1ccc2c(cc1=O)[C@@H](NC(C)=O)CCc1cc(OC)c(OC)c(OC)c1-2. The van der Waals surface area contributed by atoms with Crippen LogP contribution in [0.2, 0.25) is 0 Å². The zero-order chi connectivity index (χ0) is 25.2. The number of nitrogens with one attached hydrogen (secondary N) is 2. The van der Waals surface area contributed by atoms with Gasteiger partial charge in [-0.1, -0.05) is 6.07 Å². The van der Waals surface area contributed by atoms with E-state index in [1.807, 2.05) is 11.4 Å². The molecular weight excluding hydrogens is 400 g/mol. The Labute approximate surface area is 184 Å². The summed E-state index contributed by atoms with van der Waals surface area (Å²) < 4.78 is 38.5. The number of rotatable bonds is 5. The molecule has 0 heterocycles. The highest BCUT2D eigenvalue weighted by Gasteiger charge is 2.29. The fraction of sp³-hybridized carbons (Fsp3) is 0.348. The summed E-state index contributed by atoms with van der Waals surface area (Å²) in [6, 6.07) is 5.36. The molecule has 0 radical (unpaired) electrons. The molecule has 0 saturated carbocycles. The van der Waals surface area contributed by atoms with E-state index in [1.165, 1.54) is 40.4 Å². The fourth-order valence-electron chi connectivity index (χ4n) is 3.96. The predicted octanol–water partition coefficient (Wildman–Crippen LogP) is 2.22. The van der Waals surface area contributed by atoms with Crippen LogP contribution in [0.4, 0.5) is 0 Å². The molecule has 2 aromatic rings. The maximum absolute atomic E-state index is 13.0. The van der Waals surface area contributed by atoms with Gasteiger partial charge in [-0.15, -0.1) is 0 Å². The lowest BCUT2D eigenvalue weighted by Crippen LogP contribution is -2.27. The first-order valence-corrected chi connectivity index (χ1v) is 9.60. The van der Waals surface area contributed by atoms with Crippen LogP contribution >= 0.6 is 0 Å². The van der Waals surface area contributed by atoms with Crippen molar-refractivity contribution in [2.24, 2.45) is 0 Å². The Hall–Kier alpha value is -3.55. The molecule has 1 aliphatic rings. The van der Waals surface area contributed by atoms with Crippen LogP contribution in [0.25, 0.3) is 11.1 Å². The summed E-state index contributed by atoms with van der Waals surface area (Å²) >= 11 is 0. The molecule has 164 valence electrons. The van der Waals surface area contributed by atoms with Crippen LogP contribution in [-0.4, -0.2) is 40.1 Å². The lowest BCUT2D eigenvalue weighted by molar-refractivity contribution is -0.119. The number of carbonyl (C=O) groups excluding carboxylic acids is 2. The minimum absolute atomic E-state index is 0.289. The second-order valence-corrected chi connectivity index (χ2v) is 7.05. The van der Waals surface area contributed by atoms with E-state index in [2.05, 4.69) is 5.32 Å². The number of benzene rings is 1. The fourth-order valence-corrected chi connectivity index (χ4v) is 3.96. The van der Waals surface area contributed by atoms with Gasteiger partial charge in [0, 0.05) is 23.6 Å². The summed E-state index contributed by atoms with van der Waals surface area (Å²) in [6.45, 7) is -1.38. The molecule has 0 bridgehead atoms. The normalized spacial score (nSPS) is 16.3. The number of ether oxygens (including phenoxy) is 3. The van der Waals surface area contributed by atoms with Crippen molar-refractivity contribution in [2.75, 3.05) is 28.3 Å². The van der Waals surface area contributed by atoms with Gasteiger partial charge in [0.15, 0.2) is 16.9 Å². The van der Waals surface area contributed by atoms with Crippen molar-refractivity contribution in [3.63, 3.8) is 0 Å². The number of fused-ring (bicyclic) bond motifs is 3. The second kappa shape index (κ2) is 9.07. The third kappa shape index (κ3) is 4.05. The van der Waals surface area contributed by atoms with Gasteiger partial charge in [0.1, 0.15) is 0 Å². The van der Waals surface area contributed by atoms with Crippen molar-refractivity contribution in [1.82, 2.24) is 10.6 Å². The summed E-state index contributed by atoms with van der Waals surface area (Å²) in [6.07, 6.45) is 0.981. The van der Waals surface area contributed by atoms with Crippen molar-refractivity contribution < 1.29 is 27.9 Å². The molecule has 2 N–H and O–H groups in total. The van der Waals surface area contributed by atoms with E-state index >= 15 is 0 Å². The van der Waals surface area contributed by atoms with Crippen LogP contribution in [0.1, 0.15) is 45.0 Å². The molecule has 1 aliphatic carbocycles. The van der Waals surface area contributed by atoms with Crippen LogP contribution in [0, 0.1) is 0 Å². The molecule has 0 aliphatic heterocycles. The average molecular weight is 429 g/mol. The molecule has 0 unspecified atom stereocenters. The first-order chi connectivity index (χ1) is 16.0. The number of carbonyl (C=O) groups is 2. The van der Waals surface area contributed by atoms with E-state index in [-0.39, 0.29) is 11.5 Å². The van der Waals surface area contributed by atoms with E-state index in [0.717, 1.165) is 5.56 Å². The largest absolute Gasteiger partial charge is 0.493 e. The topological polar surface area (TPSA) is 103 Å². The van der Waals surface area contributed by atoms with E-state index in [1.54, 1.807) is 6.07 Å². The second-order valence-electron chi connectivity index (χ2n) is 7.05. The molecule has 1 atom stereocenters. The standard InChI is InChI=1S/C23H26N2O6/c1-12(26)25-17-9-6-13-10-19(29-3)21(30-4)22(31-5)20(13)14-7-8-15(23(28)24-2)18(27)11-16(14)17/h7-8,10-11,17H,6,9H2,1-5H3,(H,24,28)(H,25,26)/t17-/m0/s1/i2D3. The zero-order valence-electron chi connectivity index (χ0n) is 20.8. The quantitative estimate of drug-likeness (QED) is 0.756. The number of methoxy groups -OCH3 is 3. The van der Waals surface area contributed by atoms with Crippen molar-refractivity contribution in [3.8, 4) is 28.4 Å². The number of aryl methyl sites for hydroxylation is 1. The van der Waals surface area contributed by atoms with Crippen molar-refractivity contribution in [3.05, 3.63) is 51.2 Å². The van der Waals surface area contributed by atoms with E-state index in [0.29, 0.717) is 46.8 Å². The summed E-state index contributed by atoms with van der Waals surface area (Å²) in [7, 11) is 4.46. The molecule has 0 aromatic heterocycles. The van der Waals surface area contributed by atoms with Gasteiger partial charge in [-0.05, 0) is 47.7 Å². The lowest BCUT2D eigenvalue weighted by Gasteiger charge is -2.19. The minimum Gasteiger partial charge on any atom is -0.493 e. The molecular formula is C23H26N2O6. The van der Waals surface area contributed by atoms with Gasteiger partial charge in [-0.2, -0.15) is 0 Å². The predicted molar refractivity (Wildman–Crippen MR) is 116 cm³/mol. The first kappa shape index (κ1) is 18.2. The van der Waals surface area contributed by atoms with E-state index in [9.17, 15) is 14.4 Å². The summed E-state index contributed by atoms with van der Waals surface area (Å²) in [5.41, 5.74) is 1.44. The Bertz CT molecular complexity index is 1200. The van der Waals surface area contributed by atoms with E-state index < -0.39 is 24.4 Å². The van der Waals surface area contributed by atoms with Gasteiger partial charge in [0.25, 0.3) is 5.91 Å². The summed E-state index contributed by atoms with van der Waals surface area (Å²) in [5, 5.41) is 4.71. The van der Waals surface area contributed by atoms with Crippen LogP contribution in [0.15, 0.2) is 29.1 Å². The van der Waals surface area contributed by atoms with Gasteiger partial charge < -0.3 is 24.8 Å². The van der Waals surface area contributed by atoms with Crippen molar-refractivity contribution >= 4 is 11.8 Å². The number of hydrogen-bond donors (Lipinski definition) is 2. The summed E-state index contributed by atoms with van der Waals surface area (Å²) in [4.78, 5) is 37.5. The Kier molecular flexibility index (Phi) is 5.34. The molecule has 0 spiro atoms. The lowest BCUT2D eigenvalue weighted by atomic mass is 9.95. The first-order valence-electron chi connectivity index (χ1n) is 11.1. The molecule has 0 fully saturated rings. The molecule has 31 heavy (non-hydrogen) atoms. The highest BCUT2D eigenvalue weighted by atomic mass is 16.5. The Morgan fingerprint density at radius 2 is 1.84 bits per heavy atom. The maximum atomic E-state index is 13.0. The van der Waals surface area contributed by atoms with E-state index in [4.69, 9.17) is 18.3 Å². The molecule has 3 rings (SSSR count). The molecule has 8 nitrogen and oxygen atoms in total. The van der Waals surface area contributed by atoms with Gasteiger partial charge in [-0.25, -0.2) is 0 Å². The third-order valence-electron chi connectivity index (χ3n) is 5.27. The highest BCUT2D eigenvalue weighted by molar-refractivity contribution is 5.94. The minimum atomic E-state index is -2.76. The number of hydrogen-bond acceptors (Lipinski definition) is 6. The van der Waals surface area contributed by atoms with Crippen LogP contribution in [0.5, 0.6) is 17.2 Å². The molecule has 0 saturated heterocycles. The van der Waals surface area contributed by atoms with Gasteiger partial charge in [0.05, 0.1) is 32.9 Å².